The fourth-order valence-electron chi connectivity index (χ4n) is 5.90. The van der Waals surface area contributed by atoms with E-state index in [9.17, 15) is 28.0 Å². The molecule has 4 aliphatic heterocycles. The lowest BCUT2D eigenvalue weighted by atomic mass is 9.80. The van der Waals surface area contributed by atoms with Crippen molar-refractivity contribution in [3.05, 3.63) is 109 Å². The van der Waals surface area contributed by atoms with Gasteiger partial charge in [-0.3, -0.25) is 29.0 Å². The third-order valence-corrected chi connectivity index (χ3v) is 8.93. The molecule has 2 saturated heterocycles. The summed E-state index contributed by atoms with van der Waals surface area (Å²) in [6.07, 6.45) is 19.0. The van der Waals surface area contributed by atoms with Crippen molar-refractivity contribution in [3.63, 3.8) is 0 Å². The van der Waals surface area contributed by atoms with Crippen LogP contribution in [0.1, 0.15) is 38.5 Å². The van der Waals surface area contributed by atoms with Gasteiger partial charge in [-0.2, -0.15) is 0 Å². The van der Waals surface area contributed by atoms with Crippen LogP contribution in [0.5, 0.6) is 0 Å². The Kier molecular flexibility index (Phi) is 15.5. The Hall–Kier alpha value is -4.72. The number of anilines is 1. The van der Waals surface area contributed by atoms with Crippen molar-refractivity contribution >= 4 is 41.9 Å². The highest BCUT2D eigenvalue weighted by atomic mass is 19.1. The summed E-state index contributed by atoms with van der Waals surface area (Å²) in [7, 11) is -1.51. The SMILES string of the molecule is O=C1C=CCCN1C(=O)/C=C/C1CCN(c2ccc(F)cc2)CC1.O=C1C=CCCN1C(=O)/C=C/C1CCNCC1.OB(O)c1ccc(F)cc1. The number of nitrogens with zero attached hydrogens (tertiary/aromatic N) is 3. The lowest BCUT2D eigenvalue weighted by Crippen LogP contribution is -2.37. The molecule has 4 amide bonds. The topological polar surface area (TPSA) is 130 Å². The van der Waals surface area contributed by atoms with E-state index in [1.165, 1.54) is 64.4 Å². The molecule has 51 heavy (non-hydrogen) atoms. The van der Waals surface area contributed by atoms with Crippen molar-refractivity contribution in [1.29, 1.82) is 0 Å². The van der Waals surface area contributed by atoms with Gasteiger partial charge in [0.1, 0.15) is 11.6 Å². The lowest BCUT2D eigenvalue weighted by molar-refractivity contribution is -0.140. The molecule has 0 saturated carbocycles. The predicted molar refractivity (Wildman–Crippen MR) is 192 cm³/mol. The lowest BCUT2D eigenvalue weighted by Gasteiger charge is -2.32. The van der Waals surface area contributed by atoms with Crippen molar-refractivity contribution in [2.45, 2.75) is 38.5 Å². The summed E-state index contributed by atoms with van der Waals surface area (Å²) in [5, 5.41) is 20.4. The number of imide groups is 2. The van der Waals surface area contributed by atoms with E-state index in [-0.39, 0.29) is 35.3 Å². The Bertz CT molecular complexity index is 1580. The summed E-state index contributed by atoms with van der Waals surface area (Å²) in [6, 6.07) is 11.5. The van der Waals surface area contributed by atoms with E-state index in [4.69, 9.17) is 10.0 Å². The Morgan fingerprint density at radius 1 is 0.686 bits per heavy atom. The highest BCUT2D eigenvalue weighted by molar-refractivity contribution is 6.58. The number of amides is 4. The zero-order valence-corrected chi connectivity index (χ0v) is 28.6. The van der Waals surface area contributed by atoms with Crippen LogP contribution in [0.4, 0.5) is 14.5 Å². The Morgan fingerprint density at radius 3 is 1.59 bits per heavy atom. The normalized spacial score (nSPS) is 18.4. The van der Waals surface area contributed by atoms with Gasteiger partial charge in [0.25, 0.3) is 23.6 Å². The molecule has 2 fully saturated rings. The van der Waals surface area contributed by atoms with E-state index in [0.717, 1.165) is 70.4 Å². The minimum Gasteiger partial charge on any atom is -0.423 e. The quantitative estimate of drug-likeness (QED) is 0.309. The Labute approximate surface area is 297 Å². The number of allylic oxidation sites excluding steroid dienone is 2. The molecule has 2 aromatic rings. The summed E-state index contributed by atoms with van der Waals surface area (Å²) >= 11 is 0. The maximum Gasteiger partial charge on any atom is 0.488 e. The monoisotopic (exact) mass is 702 g/mol. The number of hydrogen-bond donors (Lipinski definition) is 3. The zero-order chi connectivity index (χ0) is 36.6. The molecule has 0 bridgehead atoms. The van der Waals surface area contributed by atoms with Gasteiger partial charge >= 0.3 is 7.12 Å². The van der Waals surface area contributed by atoms with Crippen molar-refractivity contribution in [3.8, 4) is 0 Å². The molecule has 6 rings (SSSR count). The smallest absolute Gasteiger partial charge is 0.423 e. The molecule has 13 heteroatoms. The van der Waals surface area contributed by atoms with Gasteiger partial charge in [-0.05, 0) is 130 Å². The van der Waals surface area contributed by atoms with Crippen LogP contribution < -0.4 is 15.7 Å². The second-order valence-electron chi connectivity index (χ2n) is 12.6. The third-order valence-electron chi connectivity index (χ3n) is 8.93. The van der Waals surface area contributed by atoms with E-state index < -0.39 is 7.12 Å². The minimum absolute atomic E-state index is 0.183. The van der Waals surface area contributed by atoms with Crippen LogP contribution >= 0.6 is 0 Å². The van der Waals surface area contributed by atoms with E-state index in [1.54, 1.807) is 24.3 Å². The number of nitrogens with one attached hydrogen (secondary N) is 1. The predicted octanol–water partition coefficient (Wildman–Crippen LogP) is 3.28. The first kappa shape index (κ1) is 39.1. The van der Waals surface area contributed by atoms with Crippen molar-refractivity contribution in [2.75, 3.05) is 44.2 Å². The number of benzene rings is 2. The molecule has 0 atom stereocenters. The molecule has 4 heterocycles. The standard InChI is InChI=1S/C19H21FN2O2.C13H18N2O2.C6H6BFO2/c20-16-5-7-17(8-6-16)21-13-10-15(11-14-21)4-9-19(24)22-12-2-1-3-18(22)23;16-12-3-1-2-10-15(12)13(17)5-4-11-6-8-14-9-7-11;8-6-3-1-5(2-4-6)7(9)10/h1,3-9,15H,2,10-14H2;1,3-5,11,14H,2,6-10H2;1-4,9-10H/b9-4+;5-4+;. The van der Waals surface area contributed by atoms with Crippen LogP contribution in [-0.2, 0) is 19.2 Å². The van der Waals surface area contributed by atoms with Crippen LogP contribution in [-0.4, -0.2) is 89.9 Å². The fraction of sp³-hybridized carbons (Fsp3) is 0.368. The highest BCUT2D eigenvalue weighted by Gasteiger charge is 2.22. The molecule has 0 aromatic heterocycles. The number of halogens is 2. The Morgan fingerprint density at radius 2 is 1.14 bits per heavy atom. The first-order chi connectivity index (χ1) is 24.6. The van der Waals surface area contributed by atoms with Gasteiger partial charge in [0, 0.05) is 31.9 Å². The zero-order valence-electron chi connectivity index (χ0n) is 28.6. The van der Waals surface area contributed by atoms with E-state index >= 15 is 0 Å². The van der Waals surface area contributed by atoms with Crippen LogP contribution in [0, 0.1) is 23.5 Å². The van der Waals surface area contributed by atoms with Crippen molar-refractivity contribution < 1.29 is 38.0 Å². The summed E-state index contributed by atoms with van der Waals surface area (Å²) < 4.78 is 25.2. The molecule has 0 unspecified atom stereocenters. The third kappa shape index (κ3) is 12.8. The molecule has 0 aliphatic carbocycles. The second kappa shape index (κ2) is 20.2. The molecular weight excluding hydrogens is 657 g/mol. The van der Waals surface area contributed by atoms with Gasteiger partial charge in [0.15, 0.2) is 0 Å². The van der Waals surface area contributed by atoms with Crippen molar-refractivity contribution in [2.24, 2.45) is 11.8 Å². The fourth-order valence-corrected chi connectivity index (χ4v) is 5.90. The largest absolute Gasteiger partial charge is 0.488 e. The van der Waals surface area contributed by atoms with E-state index in [0.29, 0.717) is 30.4 Å². The molecule has 0 radical (unpaired) electrons. The average molecular weight is 703 g/mol. The van der Waals surface area contributed by atoms with Crippen LogP contribution in [0.2, 0.25) is 0 Å². The molecule has 10 nitrogen and oxygen atoms in total. The van der Waals surface area contributed by atoms with Gasteiger partial charge in [0.2, 0.25) is 0 Å². The second-order valence-corrected chi connectivity index (χ2v) is 12.6. The maximum absolute atomic E-state index is 13.0. The number of hydrogen-bond acceptors (Lipinski definition) is 8. The number of rotatable bonds is 6. The number of carbonyl (C=O) groups excluding carboxylic acids is 4. The first-order valence-electron chi connectivity index (χ1n) is 17.3. The van der Waals surface area contributed by atoms with Gasteiger partial charge in [-0.15, -0.1) is 0 Å². The summed E-state index contributed by atoms with van der Waals surface area (Å²) in [4.78, 5) is 51.9. The first-order valence-corrected chi connectivity index (χ1v) is 17.3. The molecular formula is C38H45BF2N4O6. The van der Waals surface area contributed by atoms with Gasteiger partial charge in [0.05, 0.1) is 0 Å². The van der Waals surface area contributed by atoms with Gasteiger partial charge < -0.3 is 20.3 Å². The van der Waals surface area contributed by atoms with Crippen molar-refractivity contribution in [1.82, 2.24) is 15.1 Å². The summed E-state index contributed by atoms with van der Waals surface area (Å²) in [5.74, 6) is -0.653. The maximum atomic E-state index is 13.0. The average Bonchev–Trinajstić information content (AvgIpc) is 3.15. The van der Waals surface area contributed by atoms with Crippen LogP contribution in [0.15, 0.2) is 97.1 Å². The van der Waals surface area contributed by atoms with Crippen LogP contribution in [0.3, 0.4) is 0 Å². The van der Waals surface area contributed by atoms with Gasteiger partial charge in [-0.25, -0.2) is 8.78 Å². The van der Waals surface area contributed by atoms with E-state index in [1.807, 2.05) is 18.2 Å². The molecule has 4 aliphatic rings. The minimum atomic E-state index is -1.51. The summed E-state index contributed by atoms with van der Waals surface area (Å²) in [5.41, 5.74) is 1.32. The van der Waals surface area contributed by atoms with Crippen LogP contribution in [0.25, 0.3) is 0 Å². The molecule has 0 spiro atoms. The molecule has 2 aromatic carbocycles. The molecule has 270 valence electrons. The Balaban J connectivity index is 0.000000188. The molecule has 3 N–H and O–H groups in total. The highest BCUT2D eigenvalue weighted by Crippen LogP contribution is 2.24. The number of carbonyl (C=O) groups is 4. The number of piperidine rings is 2. The van der Waals surface area contributed by atoms with E-state index in [2.05, 4.69) is 10.2 Å². The van der Waals surface area contributed by atoms with Gasteiger partial charge in [-0.1, -0.05) is 36.4 Å². The summed E-state index contributed by atoms with van der Waals surface area (Å²) in [6.45, 7) is 4.73.